The Bertz CT molecular complexity index is 1060. The Morgan fingerprint density at radius 2 is 1.74 bits per heavy atom. The van der Waals surface area contributed by atoms with Crippen LogP contribution in [-0.4, -0.2) is 40.3 Å². The zero-order valence-corrected chi connectivity index (χ0v) is 22.5. The molecule has 2 aromatic rings. The predicted octanol–water partition coefficient (Wildman–Crippen LogP) is 5.16. The number of amides is 1. The van der Waals surface area contributed by atoms with Crippen LogP contribution in [0.5, 0.6) is 5.75 Å². The lowest BCUT2D eigenvalue weighted by Gasteiger charge is -2.28. The molecule has 34 heavy (non-hydrogen) atoms. The van der Waals surface area contributed by atoms with E-state index in [2.05, 4.69) is 38.2 Å². The maximum atomic E-state index is 12.6. The van der Waals surface area contributed by atoms with Crippen molar-refractivity contribution in [1.82, 2.24) is 5.32 Å². The lowest BCUT2D eigenvalue weighted by Crippen LogP contribution is -2.34. The Labute approximate surface area is 205 Å². The van der Waals surface area contributed by atoms with Crippen LogP contribution in [0.2, 0.25) is 0 Å². The highest BCUT2D eigenvalue weighted by molar-refractivity contribution is 7.92. The topological polar surface area (TPSA) is 75.7 Å². The van der Waals surface area contributed by atoms with E-state index in [1.54, 1.807) is 0 Å². The Morgan fingerprint density at radius 1 is 1.09 bits per heavy atom. The number of sulfonamides is 1. The summed E-state index contributed by atoms with van der Waals surface area (Å²) < 4.78 is 32.3. The van der Waals surface area contributed by atoms with Crippen LogP contribution in [0.1, 0.15) is 70.1 Å². The summed E-state index contributed by atoms with van der Waals surface area (Å²) >= 11 is 0. The molecule has 0 aliphatic heterocycles. The van der Waals surface area contributed by atoms with Crippen LogP contribution in [-0.2, 0) is 20.2 Å². The van der Waals surface area contributed by atoms with Crippen molar-refractivity contribution in [3.63, 3.8) is 0 Å². The molecule has 188 valence electrons. The van der Waals surface area contributed by atoms with Gasteiger partial charge in [-0.15, -0.1) is 0 Å². The minimum atomic E-state index is -3.48. The molecule has 0 fully saturated rings. The third-order valence-corrected chi connectivity index (χ3v) is 6.88. The van der Waals surface area contributed by atoms with Crippen LogP contribution in [0.25, 0.3) is 0 Å². The number of carbonyl (C=O) groups is 1. The molecule has 0 saturated heterocycles. The van der Waals surface area contributed by atoms with E-state index in [4.69, 9.17) is 4.74 Å². The number of nitrogens with zero attached hydrogens (tertiary/aromatic N) is 1. The smallest absolute Gasteiger partial charge is 0.232 e. The SMILES string of the molecule is Cc1cccc(C(C)C)c1N(CCCC(=O)NCCOc1ccc(C(C)(C)C)cc1)S(C)(=O)=O. The number of anilines is 1. The zero-order chi connectivity index (χ0) is 25.5. The molecular formula is C27H40N2O4S. The number of para-hydroxylation sites is 1. The van der Waals surface area contributed by atoms with E-state index in [1.165, 1.54) is 16.1 Å². The first-order valence-electron chi connectivity index (χ1n) is 11.9. The lowest BCUT2D eigenvalue weighted by molar-refractivity contribution is -0.121. The monoisotopic (exact) mass is 488 g/mol. The van der Waals surface area contributed by atoms with Crippen LogP contribution in [0, 0.1) is 6.92 Å². The highest BCUT2D eigenvalue weighted by atomic mass is 32.2. The van der Waals surface area contributed by atoms with Crippen molar-refractivity contribution in [2.75, 3.05) is 30.3 Å². The van der Waals surface area contributed by atoms with Gasteiger partial charge in [-0.05, 0) is 53.5 Å². The summed E-state index contributed by atoms with van der Waals surface area (Å²) in [5.74, 6) is 0.839. The van der Waals surface area contributed by atoms with Crippen molar-refractivity contribution < 1.29 is 17.9 Å². The first-order valence-corrected chi connectivity index (χ1v) is 13.7. The largest absolute Gasteiger partial charge is 0.492 e. The second-order valence-corrected chi connectivity index (χ2v) is 12.0. The van der Waals surface area contributed by atoms with Crippen LogP contribution in [0.4, 0.5) is 5.69 Å². The second-order valence-electron chi connectivity index (χ2n) is 10.1. The summed E-state index contributed by atoms with van der Waals surface area (Å²) in [4.78, 5) is 12.3. The zero-order valence-electron chi connectivity index (χ0n) is 21.6. The molecule has 0 aromatic heterocycles. The van der Waals surface area contributed by atoms with Crippen molar-refractivity contribution in [2.45, 2.75) is 65.7 Å². The van der Waals surface area contributed by atoms with Gasteiger partial charge in [-0.25, -0.2) is 8.42 Å². The third-order valence-electron chi connectivity index (χ3n) is 5.72. The molecule has 0 aliphatic rings. The maximum absolute atomic E-state index is 12.6. The molecule has 0 radical (unpaired) electrons. The van der Waals surface area contributed by atoms with Crippen LogP contribution < -0.4 is 14.4 Å². The molecule has 0 unspecified atom stereocenters. The molecule has 2 rings (SSSR count). The van der Waals surface area contributed by atoms with Crippen molar-refractivity contribution >= 4 is 21.6 Å². The van der Waals surface area contributed by atoms with Gasteiger partial charge in [0.25, 0.3) is 0 Å². The first-order chi connectivity index (χ1) is 15.8. The minimum Gasteiger partial charge on any atom is -0.492 e. The summed E-state index contributed by atoms with van der Waals surface area (Å²) in [5, 5.41) is 2.85. The Morgan fingerprint density at radius 3 is 2.29 bits per heavy atom. The molecule has 6 nitrogen and oxygen atoms in total. The summed E-state index contributed by atoms with van der Waals surface area (Å²) in [6.07, 6.45) is 1.89. The highest BCUT2D eigenvalue weighted by Gasteiger charge is 2.23. The van der Waals surface area contributed by atoms with Gasteiger partial charge in [0.15, 0.2) is 0 Å². The van der Waals surface area contributed by atoms with Gasteiger partial charge in [-0.3, -0.25) is 9.10 Å². The first kappa shape index (κ1) is 27.7. The normalized spacial score (nSPS) is 12.0. The van der Waals surface area contributed by atoms with Crippen molar-refractivity contribution in [1.29, 1.82) is 0 Å². The molecule has 2 aromatic carbocycles. The van der Waals surface area contributed by atoms with E-state index in [0.29, 0.717) is 19.6 Å². The molecule has 7 heteroatoms. The van der Waals surface area contributed by atoms with Gasteiger partial charge in [0.1, 0.15) is 12.4 Å². The standard InChI is InChI=1S/C27H40N2O4S/c1-20(2)24-11-8-10-21(3)26(24)29(34(7,31)32)18-9-12-25(30)28-17-19-33-23-15-13-22(14-16-23)27(4,5)6/h8,10-11,13-16,20H,9,12,17-19H2,1-7H3,(H,28,30). The second kappa shape index (κ2) is 11.7. The van der Waals surface area contributed by atoms with Gasteiger partial charge in [0, 0.05) is 13.0 Å². The number of benzene rings is 2. The summed E-state index contributed by atoms with van der Waals surface area (Å²) in [5.41, 5.74) is 3.96. The van der Waals surface area contributed by atoms with Gasteiger partial charge in [-0.2, -0.15) is 0 Å². The van der Waals surface area contributed by atoms with Crippen molar-refractivity contribution in [3.05, 3.63) is 59.2 Å². The van der Waals surface area contributed by atoms with Crippen molar-refractivity contribution in [3.8, 4) is 5.75 Å². The number of rotatable bonds is 11. The summed E-state index contributed by atoms with van der Waals surface area (Å²) in [6.45, 7) is 13.5. The fraction of sp³-hybridized carbons (Fsp3) is 0.519. The van der Waals surface area contributed by atoms with Crippen LogP contribution in [0.3, 0.4) is 0 Å². The van der Waals surface area contributed by atoms with Gasteiger partial charge in [-0.1, -0.05) is 65.0 Å². The third kappa shape index (κ3) is 8.05. The van der Waals surface area contributed by atoms with Gasteiger partial charge >= 0.3 is 0 Å². The van der Waals surface area contributed by atoms with Crippen LogP contribution >= 0.6 is 0 Å². The number of ether oxygens (including phenoxy) is 1. The van der Waals surface area contributed by atoms with E-state index in [0.717, 1.165) is 22.6 Å². The number of nitrogens with one attached hydrogen (secondary N) is 1. The molecule has 1 amide bonds. The van der Waals surface area contributed by atoms with Gasteiger partial charge < -0.3 is 10.1 Å². The van der Waals surface area contributed by atoms with E-state index < -0.39 is 10.0 Å². The Balaban J connectivity index is 1.85. The number of aryl methyl sites for hydroxylation is 1. The number of carbonyl (C=O) groups excluding carboxylic acids is 1. The van der Waals surface area contributed by atoms with Crippen LogP contribution in [0.15, 0.2) is 42.5 Å². The van der Waals surface area contributed by atoms with Gasteiger partial charge in [0.2, 0.25) is 15.9 Å². The van der Waals surface area contributed by atoms with Crippen molar-refractivity contribution in [2.24, 2.45) is 0 Å². The molecule has 0 saturated carbocycles. The van der Waals surface area contributed by atoms with Gasteiger partial charge in [0.05, 0.1) is 18.5 Å². The average molecular weight is 489 g/mol. The Kier molecular flexibility index (Phi) is 9.56. The van der Waals surface area contributed by atoms with E-state index in [9.17, 15) is 13.2 Å². The number of hydrogen-bond donors (Lipinski definition) is 1. The molecule has 0 bridgehead atoms. The number of hydrogen-bond acceptors (Lipinski definition) is 4. The fourth-order valence-electron chi connectivity index (χ4n) is 3.81. The summed E-state index contributed by atoms with van der Waals surface area (Å²) in [6, 6.07) is 13.8. The van der Waals surface area contributed by atoms with E-state index in [-0.39, 0.29) is 30.2 Å². The highest BCUT2D eigenvalue weighted by Crippen LogP contribution is 2.32. The molecular weight excluding hydrogens is 448 g/mol. The minimum absolute atomic E-state index is 0.0920. The lowest BCUT2D eigenvalue weighted by atomic mass is 9.87. The Hall–Kier alpha value is -2.54. The van der Waals surface area contributed by atoms with E-state index in [1.807, 2.05) is 51.1 Å². The molecule has 0 heterocycles. The molecule has 0 spiro atoms. The summed E-state index contributed by atoms with van der Waals surface area (Å²) in [7, 11) is -3.48. The molecule has 0 atom stereocenters. The molecule has 0 aliphatic carbocycles. The maximum Gasteiger partial charge on any atom is 0.232 e. The molecule has 1 N–H and O–H groups in total. The quantitative estimate of drug-likeness (QED) is 0.444. The van der Waals surface area contributed by atoms with E-state index >= 15 is 0 Å². The average Bonchev–Trinajstić information content (AvgIpc) is 2.73. The predicted molar refractivity (Wildman–Crippen MR) is 140 cm³/mol. The fourth-order valence-corrected chi connectivity index (χ4v) is 4.86.